The van der Waals surface area contributed by atoms with Gasteiger partial charge in [-0.2, -0.15) is 0 Å². The Morgan fingerprint density at radius 2 is 1.95 bits per heavy atom. The summed E-state index contributed by atoms with van der Waals surface area (Å²) in [5.41, 5.74) is 2.75. The topological polar surface area (TPSA) is 17.8 Å². The van der Waals surface area contributed by atoms with E-state index in [-0.39, 0.29) is 5.82 Å². The van der Waals surface area contributed by atoms with E-state index in [4.69, 9.17) is 11.6 Å². The van der Waals surface area contributed by atoms with Crippen molar-refractivity contribution in [2.45, 2.75) is 6.42 Å². The highest BCUT2D eigenvalue weighted by Gasteiger charge is 2.09. The first kappa shape index (κ1) is 12.9. The number of hydrogen-bond acceptors (Lipinski definition) is 1. The lowest BCUT2D eigenvalue weighted by Crippen LogP contribution is -2.00. The maximum absolute atomic E-state index is 13.5. The molecule has 0 atom stereocenters. The van der Waals surface area contributed by atoms with Crippen LogP contribution < -0.4 is 0 Å². The van der Waals surface area contributed by atoms with Crippen LogP contribution in [-0.2, 0) is 6.42 Å². The minimum absolute atomic E-state index is 0.254. The van der Waals surface area contributed by atoms with Crippen molar-refractivity contribution in [1.29, 1.82) is 0 Å². The Morgan fingerprint density at radius 3 is 2.70 bits per heavy atom. The molecule has 0 saturated carbocycles. The number of rotatable bonds is 3. The van der Waals surface area contributed by atoms with E-state index in [1.54, 1.807) is 24.7 Å². The molecule has 0 bridgehead atoms. The highest BCUT2D eigenvalue weighted by atomic mass is 35.5. The maximum Gasteiger partial charge on any atom is 0.123 e. The van der Waals surface area contributed by atoms with Gasteiger partial charge in [0.2, 0.25) is 0 Å². The fourth-order valence-electron chi connectivity index (χ4n) is 2.20. The van der Waals surface area contributed by atoms with E-state index in [1.165, 1.54) is 6.07 Å². The van der Waals surface area contributed by atoms with Gasteiger partial charge in [0, 0.05) is 23.8 Å². The summed E-state index contributed by atoms with van der Waals surface area (Å²) in [6.45, 7) is 0. The van der Waals surface area contributed by atoms with Gasteiger partial charge in [-0.25, -0.2) is 9.37 Å². The molecule has 0 amide bonds. The molecule has 0 fully saturated rings. The first-order chi connectivity index (χ1) is 9.74. The van der Waals surface area contributed by atoms with Gasteiger partial charge in [0.05, 0.1) is 12.0 Å². The predicted molar refractivity (Wildman–Crippen MR) is 77.8 cm³/mol. The van der Waals surface area contributed by atoms with E-state index in [1.807, 2.05) is 35.0 Å². The van der Waals surface area contributed by atoms with Crippen LogP contribution in [0.1, 0.15) is 11.1 Å². The molecule has 100 valence electrons. The third kappa shape index (κ3) is 2.58. The number of nitrogens with zero attached hydrogens (tertiary/aromatic N) is 2. The van der Waals surface area contributed by atoms with E-state index in [0.717, 1.165) is 16.8 Å². The van der Waals surface area contributed by atoms with Crippen LogP contribution in [0.5, 0.6) is 0 Å². The molecule has 3 aromatic rings. The Labute approximate surface area is 121 Å². The van der Waals surface area contributed by atoms with E-state index in [2.05, 4.69) is 4.98 Å². The van der Waals surface area contributed by atoms with Gasteiger partial charge in [-0.3, -0.25) is 0 Å². The van der Waals surface area contributed by atoms with Gasteiger partial charge in [0.1, 0.15) is 5.82 Å². The number of halogens is 2. The molecule has 4 heteroatoms. The molecule has 0 radical (unpaired) electrons. The standard InChI is InChI=1S/C16H12ClFN2/c17-15-4-2-1-3-12(15)9-13-10-14(18)5-6-16(13)20-8-7-19-11-20/h1-8,10-11H,9H2. The van der Waals surface area contributed by atoms with E-state index < -0.39 is 0 Å². The third-order valence-electron chi connectivity index (χ3n) is 3.16. The smallest absolute Gasteiger partial charge is 0.123 e. The summed E-state index contributed by atoms with van der Waals surface area (Å²) in [4.78, 5) is 4.03. The van der Waals surface area contributed by atoms with Crippen molar-refractivity contribution in [3.05, 3.63) is 83.2 Å². The number of benzene rings is 2. The second-order valence-corrected chi connectivity index (χ2v) is 4.92. The first-order valence-electron chi connectivity index (χ1n) is 6.24. The van der Waals surface area contributed by atoms with Crippen molar-refractivity contribution < 1.29 is 4.39 Å². The van der Waals surface area contributed by atoms with Crippen LogP contribution in [0.15, 0.2) is 61.2 Å². The van der Waals surface area contributed by atoms with Gasteiger partial charge in [-0.1, -0.05) is 29.8 Å². The van der Waals surface area contributed by atoms with Crippen LogP contribution in [0.3, 0.4) is 0 Å². The van der Waals surface area contributed by atoms with E-state index >= 15 is 0 Å². The molecule has 0 unspecified atom stereocenters. The Morgan fingerprint density at radius 1 is 1.10 bits per heavy atom. The fourth-order valence-corrected chi connectivity index (χ4v) is 2.40. The van der Waals surface area contributed by atoms with Gasteiger partial charge >= 0.3 is 0 Å². The molecule has 0 aliphatic carbocycles. The van der Waals surface area contributed by atoms with Crippen molar-refractivity contribution in [3.8, 4) is 5.69 Å². The summed E-state index contributed by atoms with van der Waals surface area (Å²) in [5.74, 6) is -0.254. The summed E-state index contributed by atoms with van der Waals surface area (Å²) in [5, 5.41) is 0.688. The molecular weight excluding hydrogens is 275 g/mol. The van der Waals surface area contributed by atoms with E-state index in [9.17, 15) is 4.39 Å². The fraction of sp³-hybridized carbons (Fsp3) is 0.0625. The average molecular weight is 287 g/mol. The quantitative estimate of drug-likeness (QED) is 0.703. The van der Waals surface area contributed by atoms with Crippen molar-refractivity contribution >= 4 is 11.6 Å². The molecule has 2 nitrogen and oxygen atoms in total. The minimum Gasteiger partial charge on any atom is -0.306 e. The summed E-state index contributed by atoms with van der Waals surface area (Å²) in [6.07, 6.45) is 5.81. The highest BCUT2D eigenvalue weighted by molar-refractivity contribution is 6.31. The van der Waals surface area contributed by atoms with Crippen LogP contribution >= 0.6 is 11.6 Å². The highest BCUT2D eigenvalue weighted by Crippen LogP contribution is 2.23. The Bertz CT molecular complexity index is 723. The molecule has 2 aromatic carbocycles. The lowest BCUT2D eigenvalue weighted by Gasteiger charge is -2.11. The molecule has 0 spiro atoms. The zero-order valence-electron chi connectivity index (χ0n) is 10.6. The van der Waals surface area contributed by atoms with Crippen molar-refractivity contribution in [3.63, 3.8) is 0 Å². The number of aromatic nitrogens is 2. The second-order valence-electron chi connectivity index (χ2n) is 4.51. The molecular formula is C16H12ClFN2. The summed E-state index contributed by atoms with van der Waals surface area (Å²) in [7, 11) is 0. The Hall–Kier alpha value is -2.13. The van der Waals surface area contributed by atoms with Crippen molar-refractivity contribution in [1.82, 2.24) is 9.55 Å². The lowest BCUT2D eigenvalue weighted by atomic mass is 10.0. The Balaban J connectivity index is 2.05. The summed E-state index contributed by atoms with van der Waals surface area (Å²) >= 11 is 6.18. The summed E-state index contributed by atoms with van der Waals surface area (Å²) < 4.78 is 15.4. The third-order valence-corrected chi connectivity index (χ3v) is 3.53. The van der Waals surface area contributed by atoms with Gasteiger partial charge in [-0.05, 0) is 35.4 Å². The molecule has 0 aliphatic rings. The van der Waals surface area contributed by atoms with Gasteiger partial charge in [-0.15, -0.1) is 0 Å². The predicted octanol–water partition coefficient (Wildman–Crippen LogP) is 4.26. The molecule has 3 rings (SSSR count). The van der Waals surface area contributed by atoms with Gasteiger partial charge < -0.3 is 4.57 Å². The Kier molecular flexibility index (Phi) is 3.52. The molecule has 0 N–H and O–H groups in total. The largest absolute Gasteiger partial charge is 0.306 e. The minimum atomic E-state index is -0.254. The zero-order valence-corrected chi connectivity index (χ0v) is 11.4. The van der Waals surface area contributed by atoms with Gasteiger partial charge in [0.25, 0.3) is 0 Å². The maximum atomic E-state index is 13.5. The molecule has 1 heterocycles. The van der Waals surface area contributed by atoms with E-state index in [0.29, 0.717) is 11.4 Å². The van der Waals surface area contributed by atoms with Crippen LogP contribution in [0.2, 0.25) is 5.02 Å². The average Bonchev–Trinajstić information content (AvgIpc) is 2.95. The van der Waals surface area contributed by atoms with Crippen LogP contribution in [0.4, 0.5) is 4.39 Å². The monoisotopic (exact) mass is 286 g/mol. The second kappa shape index (κ2) is 5.47. The number of hydrogen-bond donors (Lipinski definition) is 0. The molecule has 0 saturated heterocycles. The number of imidazole rings is 1. The molecule has 20 heavy (non-hydrogen) atoms. The zero-order chi connectivity index (χ0) is 13.9. The van der Waals surface area contributed by atoms with Crippen molar-refractivity contribution in [2.75, 3.05) is 0 Å². The first-order valence-corrected chi connectivity index (χ1v) is 6.62. The van der Waals surface area contributed by atoms with Crippen LogP contribution in [-0.4, -0.2) is 9.55 Å². The van der Waals surface area contributed by atoms with Crippen molar-refractivity contribution in [2.24, 2.45) is 0 Å². The summed E-state index contributed by atoms with van der Waals surface area (Å²) in [6, 6.07) is 12.3. The molecule has 1 aromatic heterocycles. The normalized spacial score (nSPS) is 10.7. The SMILES string of the molecule is Fc1ccc(-n2ccnc2)c(Cc2ccccc2Cl)c1. The lowest BCUT2D eigenvalue weighted by molar-refractivity contribution is 0.625. The van der Waals surface area contributed by atoms with Crippen LogP contribution in [0, 0.1) is 5.82 Å². The van der Waals surface area contributed by atoms with Gasteiger partial charge in [0.15, 0.2) is 0 Å². The van der Waals surface area contributed by atoms with Crippen LogP contribution in [0.25, 0.3) is 5.69 Å². The molecule has 0 aliphatic heterocycles.